The lowest BCUT2D eigenvalue weighted by Gasteiger charge is -2.39. The molecule has 112 valence electrons. The van der Waals surface area contributed by atoms with E-state index < -0.39 is 0 Å². The molecule has 1 aromatic rings. The fourth-order valence-electron chi connectivity index (χ4n) is 3.28. The minimum absolute atomic E-state index is 0.0665. The van der Waals surface area contributed by atoms with E-state index in [-0.39, 0.29) is 6.61 Å². The van der Waals surface area contributed by atoms with Crippen LogP contribution >= 0.6 is 0 Å². The number of aliphatic hydroxyl groups is 1. The molecule has 0 bridgehead atoms. The average molecular weight is 276 g/mol. The van der Waals surface area contributed by atoms with Crippen LogP contribution in [-0.4, -0.2) is 23.2 Å². The summed E-state index contributed by atoms with van der Waals surface area (Å²) < 4.78 is 0. The summed E-state index contributed by atoms with van der Waals surface area (Å²) in [5, 5.41) is 9.65. The molecule has 1 heterocycles. The molecule has 1 N–H and O–H groups in total. The van der Waals surface area contributed by atoms with Gasteiger partial charge in [-0.2, -0.15) is 0 Å². The number of aromatic nitrogens is 1. The average Bonchev–Trinajstić information content (AvgIpc) is 2.37. The van der Waals surface area contributed by atoms with E-state index in [2.05, 4.69) is 37.7 Å². The molecule has 1 aromatic heterocycles. The maximum atomic E-state index is 9.65. The Bertz CT molecular complexity index is 472. The zero-order chi connectivity index (χ0) is 14.9. The van der Waals surface area contributed by atoms with Gasteiger partial charge in [-0.15, -0.1) is 0 Å². The smallest absolute Gasteiger partial charge is 0.134 e. The fourth-order valence-corrected chi connectivity index (χ4v) is 3.28. The minimum atomic E-state index is 0.0665. The van der Waals surface area contributed by atoms with Gasteiger partial charge in [-0.3, -0.25) is 0 Å². The van der Waals surface area contributed by atoms with Gasteiger partial charge in [0.2, 0.25) is 0 Å². The lowest BCUT2D eigenvalue weighted by atomic mass is 9.75. The molecule has 3 heteroatoms. The third-order valence-electron chi connectivity index (χ3n) is 4.80. The third kappa shape index (κ3) is 3.14. The van der Waals surface area contributed by atoms with Gasteiger partial charge < -0.3 is 10.0 Å². The molecule has 0 unspecified atom stereocenters. The van der Waals surface area contributed by atoms with Gasteiger partial charge >= 0.3 is 0 Å². The van der Waals surface area contributed by atoms with Gasteiger partial charge in [0.1, 0.15) is 5.82 Å². The molecule has 0 saturated heterocycles. The topological polar surface area (TPSA) is 36.4 Å². The molecule has 1 saturated carbocycles. The SMILES string of the molecule is Cc1cc(C)c(CO)c(N(C)C2CCC(C)(C)CC2)n1. The van der Waals surface area contributed by atoms with Gasteiger partial charge in [-0.05, 0) is 56.6 Å². The van der Waals surface area contributed by atoms with Crippen molar-refractivity contribution in [3.8, 4) is 0 Å². The second kappa shape index (κ2) is 5.72. The van der Waals surface area contributed by atoms with Gasteiger partial charge in [0.15, 0.2) is 0 Å². The number of nitrogens with zero attached hydrogens (tertiary/aromatic N) is 2. The van der Waals surface area contributed by atoms with Gasteiger partial charge in [0.25, 0.3) is 0 Å². The minimum Gasteiger partial charge on any atom is -0.392 e. The van der Waals surface area contributed by atoms with Crippen LogP contribution in [0.5, 0.6) is 0 Å². The quantitative estimate of drug-likeness (QED) is 0.916. The highest BCUT2D eigenvalue weighted by Gasteiger charge is 2.30. The molecular weight excluding hydrogens is 248 g/mol. The van der Waals surface area contributed by atoms with Crippen LogP contribution in [0.3, 0.4) is 0 Å². The number of aryl methyl sites for hydroxylation is 2. The Morgan fingerprint density at radius 1 is 1.30 bits per heavy atom. The van der Waals surface area contributed by atoms with Crippen LogP contribution in [0.15, 0.2) is 6.07 Å². The van der Waals surface area contributed by atoms with Gasteiger partial charge in [-0.25, -0.2) is 4.98 Å². The maximum Gasteiger partial charge on any atom is 0.134 e. The van der Waals surface area contributed by atoms with Gasteiger partial charge in [0, 0.05) is 24.3 Å². The van der Waals surface area contributed by atoms with Crippen molar-refractivity contribution in [3.05, 3.63) is 22.9 Å². The largest absolute Gasteiger partial charge is 0.392 e. The second-order valence-electron chi connectivity index (χ2n) is 7.05. The van der Waals surface area contributed by atoms with Crippen LogP contribution in [0, 0.1) is 19.3 Å². The summed E-state index contributed by atoms with van der Waals surface area (Å²) in [6, 6.07) is 2.59. The Balaban J connectivity index is 2.23. The maximum absolute atomic E-state index is 9.65. The van der Waals surface area contributed by atoms with Crippen molar-refractivity contribution >= 4 is 5.82 Å². The van der Waals surface area contributed by atoms with Crippen LogP contribution in [-0.2, 0) is 6.61 Å². The van der Waals surface area contributed by atoms with E-state index in [0.29, 0.717) is 11.5 Å². The van der Waals surface area contributed by atoms with E-state index in [1.54, 1.807) is 0 Å². The van der Waals surface area contributed by atoms with E-state index in [9.17, 15) is 5.11 Å². The Morgan fingerprint density at radius 2 is 1.90 bits per heavy atom. The zero-order valence-electron chi connectivity index (χ0n) is 13.5. The summed E-state index contributed by atoms with van der Waals surface area (Å²) in [4.78, 5) is 6.97. The predicted molar refractivity (Wildman–Crippen MR) is 84.1 cm³/mol. The lowest BCUT2D eigenvalue weighted by molar-refractivity contribution is 0.221. The zero-order valence-corrected chi connectivity index (χ0v) is 13.5. The van der Waals surface area contributed by atoms with Crippen LogP contribution in [0.4, 0.5) is 5.82 Å². The Morgan fingerprint density at radius 3 is 2.45 bits per heavy atom. The highest BCUT2D eigenvalue weighted by Crippen LogP contribution is 2.38. The molecule has 1 aliphatic rings. The standard InChI is InChI=1S/C17H28N2O/c1-12-10-13(2)18-16(15(12)11-20)19(5)14-6-8-17(3,4)9-7-14/h10,14,20H,6-9,11H2,1-5H3. The molecule has 0 spiro atoms. The highest BCUT2D eigenvalue weighted by molar-refractivity contribution is 5.51. The number of hydrogen-bond donors (Lipinski definition) is 1. The summed E-state index contributed by atoms with van der Waals surface area (Å²) in [5.41, 5.74) is 3.62. The van der Waals surface area contributed by atoms with Crippen LogP contribution in [0.25, 0.3) is 0 Å². The van der Waals surface area contributed by atoms with Crippen molar-refractivity contribution < 1.29 is 5.11 Å². The van der Waals surface area contributed by atoms with Crippen molar-refractivity contribution in [2.45, 2.75) is 66.0 Å². The molecule has 0 radical (unpaired) electrons. The van der Waals surface area contributed by atoms with Crippen molar-refractivity contribution in [3.63, 3.8) is 0 Å². The Labute approximate surface area is 123 Å². The molecule has 1 aliphatic carbocycles. The molecule has 0 atom stereocenters. The predicted octanol–water partition coefficient (Wildman–Crippen LogP) is 3.60. The van der Waals surface area contributed by atoms with Crippen LogP contribution in [0.2, 0.25) is 0 Å². The molecule has 20 heavy (non-hydrogen) atoms. The van der Waals surface area contributed by atoms with Crippen molar-refractivity contribution in [1.29, 1.82) is 0 Å². The molecule has 1 fully saturated rings. The molecule has 0 aromatic carbocycles. The van der Waals surface area contributed by atoms with E-state index in [4.69, 9.17) is 0 Å². The first-order chi connectivity index (χ1) is 9.34. The third-order valence-corrected chi connectivity index (χ3v) is 4.80. The fraction of sp³-hybridized carbons (Fsp3) is 0.706. The normalized spacial score (nSPS) is 19.1. The van der Waals surface area contributed by atoms with Crippen molar-refractivity contribution in [2.24, 2.45) is 5.41 Å². The van der Waals surface area contributed by atoms with Gasteiger partial charge in [-0.1, -0.05) is 13.8 Å². The van der Waals surface area contributed by atoms with E-state index in [1.165, 1.54) is 25.7 Å². The summed E-state index contributed by atoms with van der Waals surface area (Å²) in [5.74, 6) is 0.967. The van der Waals surface area contributed by atoms with Crippen molar-refractivity contribution in [1.82, 2.24) is 4.98 Å². The highest BCUT2D eigenvalue weighted by atomic mass is 16.3. The molecule has 0 aliphatic heterocycles. The van der Waals surface area contributed by atoms with Crippen molar-refractivity contribution in [2.75, 3.05) is 11.9 Å². The molecule has 3 nitrogen and oxygen atoms in total. The molecule has 0 amide bonds. The van der Waals surface area contributed by atoms with E-state index in [0.717, 1.165) is 22.6 Å². The first-order valence-electron chi connectivity index (χ1n) is 7.65. The van der Waals surface area contributed by atoms with Crippen LogP contribution in [0.1, 0.15) is 56.4 Å². The number of hydrogen-bond acceptors (Lipinski definition) is 3. The number of aliphatic hydroxyl groups excluding tert-OH is 1. The number of anilines is 1. The second-order valence-corrected chi connectivity index (χ2v) is 7.05. The first kappa shape index (κ1) is 15.3. The summed E-state index contributed by atoms with van der Waals surface area (Å²) in [6.45, 7) is 8.86. The number of pyridine rings is 1. The monoisotopic (exact) mass is 276 g/mol. The first-order valence-corrected chi connectivity index (χ1v) is 7.65. The lowest BCUT2D eigenvalue weighted by Crippen LogP contribution is -2.38. The van der Waals surface area contributed by atoms with E-state index in [1.807, 2.05) is 13.0 Å². The molecule has 2 rings (SSSR count). The summed E-state index contributed by atoms with van der Waals surface area (Å²) >= 11 is 0. The van der Waals surface area contributed by atoms with E-state index >= 15 is 0 Å². The van der Waals surface area contributed by atoms with Crippen LogP contribution < -0.4 is 4.90 Å². The number of rotatable bonds is 3. The summed E-state index contributed by atoms with van der Waals surface area (Å²) in [7, 11) is 2.13. The Kier molecular flexibility index (Phi) is 4.38. The summed E-state index contributed by atoms with van der Waals surface area (Å²) in [6.07, 6.45) is 4.95. The Hall–Kier alpha value is -1.09. The van der Waals surface area contributed by atoms with Gasteiger partial charge in [0.05, 0.1) is 6.61 Å². The molecular formula is C17H28N2O.